The predicted molar refractivity (Wildman–Crippen MR) is 91.6 cm³/mol. The molecule has 0 amide bonds. The van der Waals surface area contributed by atoms with Crippen LogP contribution >= 0.6 is 23.1 Å². The number of thioether (sulfide) groups is 1. The van der Waals surface area contributed by atoms with E-state index in [2.05, 4.69) is 4.98 Å². The number of aliphatic hydroxyl groups is 1. The minimum atomic E-state index is -0.500. The highest BCUT2D eigenvalue weighted by atomic mass is 32.2. The Labute approximate surface area is 136 Å². The van der Waals surface area contributed by atoms with Gasteiger partial charge in [-0.2, -0.15) is 11.8 Å². The summed E-state index contributed by atoms with van der Waals surface area (Å²) in [6.45, 7) is 1.90. The van der Waals surface area contributed by atoms with Crippen molar-refractivity contribution in [2.45, 2.75) is 18.8 Å². The number of benzene rings is 1. The molecule has 6 heteroatoms. The topological polar surface area (TPSA) is 54.6 Å². The highest BCUT2D eigenvalue weighted by molar-refractivity contribution is 7.98. The smallest absolute Gasteiger partial charge is 0.258 e. The van der Waals surface area contributed by atoms with Crippen molar-refractivity contribution >= 4 is 28.1 Å². The molecule has 22 heavy (non-hydrogen) atoms. The Balaban J connectivity index is 1.66. The summed E-state index contributed by atoms with van der Waals surface area (Å²) in [6.07, 6.45) is -0.500. The van der Waals surface area contributed by atoms with Gasteiger partial charge in [-0.1, -0.05) is 30.3 Å². The number of aryl methyl sites for hydroxylation is 1. The van der Waals surface area contributed by atoms with E-state index in [1.807, 2.05) is 42.6 Å². The fourth-order valence-corrected chi connectivity index (χ4v) is 4.00. The Bertz CT molecular complexity index is 827. The summed E-state index contributed by atoms with van der Waals surface area (Å²) in [5.41, 5.74) is 2.55. The third kappa shape index (κ3) is 3.24. The lowest BCUT2D eigenvalue weighted by Gasteiger charge is -2.10. The first-order valence-corrected chi connectivity index (χ1v) is 8.96. The Morgan fingerprint density at radius 2 is 2.14 bits per heavy atom. The van der Waals surface area contributed by atoms with E-state index in [9.17, 15) is 9.90 Å². The molecule has 1 aromatic carbocycles. The molecule has 114 valence electrons. The van der Waals surface area contributed by atoms with E-state index in [4.69, 9.17) is 0 Å². The van der Waals surface area contributed by atoms with Gasteiger partial charge in [-0.15, -0.1) is 11.3 Å². The van der Waals surface area contributed by atoms with Gasteiger partial charge in [0.15, 0.2) is 4.96 Å². The van der Waals surface area contributed by atoms with Crippen LogP contribution in [0.15, 0.2) is 46.6 Å². The summed E-state index contributed by atoms with van der Waals surface area (Å²) < 4.78 is 1.62. The van der Waals surface area contributed by atoms with Gasteiger partial charge >= 0.3 is 0 Å². The summed E-state index contributed by atoms with van der Waals surface area (Å²) >= 11 is 3.05. The number of nitrogens with zero attached hydrogens (tertiary/aromatic N) is 2. The minimum absolute atomic E-state index is 0.0389. The molecule has 2 heterocycles. The monoisotopic (exact) mass is 332 g/mol. The van der Waals surface area contributed by atoms with Gasteiger partial charge in [0.1, 0.15) is 0 Å². The van der Waals surface area contributed by atoms with Crippen LogP contribution in [0.3, 0.4) is 0 Å². The Morgan fingerprint density at radius 1 is 1.36 bits per heavy atom. The van der Waals surface area contributed by atoms with Crippen LogP contribution in [0.2, 0.25) is 0 Å². The molecule has 2 aromatic heterocycles. The molecule has 0 spiro atoms. The molecule has 1 N–H and O–H groups in total. The van der Waals surface area contributed by atoms with Gasteiger partial charge in [0, 0.05) is 28.6 Å². The molecule has 1 atom stereocenters. The number of hydrogen-bond donors (Lipinski definition) is 1. The number of hydrogen-bond acceptors (Lipinski definition) is 5. The van der Waals surface area contributed by atoms with E-state index in [-0.39, 0.29) is 5.56 Å². The van der Waals surface area contributed by atoms with Gasteiger partial charge < -0.3 is 5.11 Å². The van der Waals surface area contributed by atoms with E-state index in [1.165, 1.54) is 11.3 Å². The molecule has 3 rings (SSSR count). The molecule has 0 aliphatic carbocycles. The normalized spacial score (nSPS) is 12.6. The average molecular weight is 332 g/mol. The molecular weight excluding hydrogens is 316 g/mol. The number of aromatic nitrogens is 2. The minimum Gasteiger partial charge on any atom is -0.388 e. The molecule has 0 saturated carbocycles. The molecule has 0 radical (unpaired) electrons. The molecule has 0 saturated heterocycles. The molecule has 3 aromatic rings. The number of thiazole rings is 1. The Hall–Kier alpha value is -1.63. The Kier molecular flexibility index (Phi) is 4.61. The molecule has 0 aliphatic rings. The van der Waals surface area contributed by atoms with Gasteiger partial charge in [0.25, 0.3) is 5.56 Å². The van der Waals surface area contributed by atoms with Crippen LogP contribution < -0.4 is 5.56 Å². The van der Waals surface area contributed by atoms with Crippen LogP contribution in [0.4, 0.5) is 0 Å². The third-order valence-electron chi connectivity index (χ3n) is 3.34. The van der Waals surface area contributed by atoms with Crippen LogP contribution in [-0.4, -0.2) is 20.2 Å². The van der Waals surface area contributed by atoms with Crippen LogP contribution in [-0.2, 0) is 5.75 Å². The molecular formula is C16H16N2O2S2. The lowest BCUT2D eigenvalue weighted by atomic mass is 10.1. The van der Waals surface area contributed by atoms with Crippen LogP contribution in [0.5, 0.6) is 0 Å². The number of aliphatic hydroxyl groups excluding tert-OH is 1. The maximum atomic E-state index is 12.1. The van der Waals surface area contributed by atoms with Gasteiger partial charge in [-0.05, 0) is 12.5 Å². The van der Waals surface area contributed by atoms with E-state index < -0.39 is 6.10 Å². The molecule has 4 nitrogen and oxygen atoms in total. The third-order valence-corrected chi connectivity index (χ3v) is 5.33. The van der Waals surface area contributed by atoms with Crippen molar-refractivity contribution in [1.29, 1.82) is 0 Å². The van der Waals surface area contributed by atoms with Crippen molar-refractivity contribution in [2.75, 3.05) is 5.75 Å². The summed E-state index contributed by atoms with van der Waals surface area (Å²) in [6, 6.07) is 11.2. The molecule has 0 fully saturated rings. The standard InChI is InChI=1S/C16H16N2O2S2/c1-11-8-22-16-17-13(7-15(20)18(11)16)9-21-10-14(19)12-5-3-2-4-6-12/h2-8,14,19H,9-10H2,1H3. The lowest BCUT2D eigenvalue weighted by Crippen LogP contribution is -2.14. The van der Waals surface area contributed by atoms with E-state index >= 15 is 0 Å². The zero-order chi connectivity index (χ0) is 15.5. The molecule has 1 unspecified atom stereocenters. The van der Waals surface area contributed by atoms with Crippen LogP contribution in [0.1, 0.15) is 23.1 Å². The molecule has 0 aliphatic heterocycles. The van der Waals surface area contributed by atoms with Crippen molar-refractivity contribution in [3.05, 3.63) is 69.1 Å². The summed E-state index contributed by atoms with van der Waals surface area (Å²) in [5.74, 6) is 1.20. The second kappa shape index (κ2) is 6.64. The largest absolute Gasteiger partial charge is 0.388 e. The van der Waals surface area contributed by atoms with E-state index in [0.717, 1.165) is 21.9 Å². The first kappa shape index (κ1) is 15.3. The van der Waals surface area contributed by atoms with Crippen molar-refractivity contribution in [2.24, 2.45) is 0 Å². The van der Waals surface area contributed by atoms with Crippen molar-refractivity contribution in [1.82, 2.24) is 9.38 Å². The van der Waals surface area contributed by atoms with Crippen molar-refractivity contribution < 1.29 is 5.11 Å². The second-order valence-electron chi connectivity index (χ2n) is 5.02. The summed E-state index contributed by atoms with van der Waals surface area (Å²) in [4.78, 5) is 17.3. The maximum Gasteiger partial charge on any atom is 0.258 e. The van der Waals surface area contributed by atoms with Crippen LogP contribution in [0.25, 0.3) is 4.96 Å². The second-order valence-corrected chi connectivity index (χ2v) is 6.89. The van der Waals surface area contributed by atoms with Gasteiger partial charge in [0.05, 0.1) is 11.8 Å². The Morgan fingerprint density at radius 3 is 2.91 bits per heavy atom. The SMILES string of the molecule is Cc1csc2nc(CSCC(O)c3ccccc3)cc(=O)n12. The fraction of sp³-hybridized carbons (Fsp3) is 0.250. The van der Waals surface area contributed by atoms with Gasteiger partial charge in [0.2, 0.25) is 0 Å². The quantitative estimate of drug-likeness (QED) is 0.780. The highest BCUT2D eigenvalue weighted by Crippen LogP contribution is 2.21. The zero-order valence-electron chi connectivity index (χ0n) is 12.1. The lowest BCUT2D eigenvalue weighted by molar-refractivity contribution is 0.204. The van der Waals surface area contributed by atoms with Crippen LogP contribution in [0, 0.1) is 6.92 Å². The first-order valence-electron chi connectivity index (χ1n) is 6.92. The summed E-state index contributed by atoms with van der Waals surface area (Å²) in [7, 11) is 0. The van der Waals surface area contributed by atoms with Gasteiger partial charge in [-0.3, -0.25) is 9.20 Å². The number of rotatable bonds is 5. The molecule has 0 bridgehead atoms. The zero-order valence-corrected chi connectivity index (χ0v) is 13.7. The van der Waals surface area contributed by atoms with Gasteiger partial charge in [-0.25, -0.2) is 4.98 Å². The van der Waals surface area contributed by atoms with Crippen molar-refractivity contribution in [3.63, 3.8) is 0 Å². The maximum absolute atomic E-state index is 12.1. The predicted octanol–water partition coefficient (Wildman–Crippen LogP) is 3.03. The number of fused-ring (bicyclic) bond motifs is 1. The summed E-state index contributed by atoms with van der Waals surface area (Å²) in [5, 5.41) is 12.1. The van der Waals surface area contributed by atoms with E-state index in [1.54, 1.807) is 22.2 Å². The van der Waals surface area contributed by atoms with Crippen molar-refractivity contribution in [3.8, 4) is 0 Å². The first-order chi connectivity index (χ1) is 10.6. The fourth-order valence-electron chi connectivity index (χ4n) is 2.22. The van der Waals surface area contributed by atoms with E-state index in [0.29, 0.717) is 11.5 Å². The highest BCUT2D eigenvalue weighted by Gasteiger charge is 2.09. The average Bonchev–Trinajstić information content (AvgIpc) is 2.90.